The Hall–Kier alpha value is -0.995. The minimum absolute atomic E-state index is 0.214. The lowest BCUT2D eigenvalue weighted by Crippen LogP contribution is -2.31. The Morgan fingerprint density at radius 2 is 2.00 bits per heavy atom. The summed E-state index contributed by atoms with van der Waals surface area (Å²) in [7, 11) is -0.214. The molecule has 0 saturated carbocycles. The fraction of sp³-hybridized carbons (Fsp3) is 0.250. The van der Waals surface area contributed by atoms with E-state index in [1.54, 1.807) is 0 Å². The van der Waals surface area contributed by atoms with Crippen molar-refractivity contribution < 1.29 is 9.31 Å². The minimum atomic E-state index is -0.214. The lowest BCUT2D eigenvalue weighted by molar-refractivity contribution is 0.365. The highest BCUT2D eigenvalue weighted by molar-refractivity contribution is 6.61. The molecule has 0 aromatic heterocycles. The number of nitrogens with two attached hydrogens (primary N) is 1. The van der Waals surface area contributed by atoms with E-state index in [0.717, 1.165) is 11.2 Å². The predicted octanol–water partition coefficient (Wildman–Crippen LogP) is 0.0108. The van der Waals surface area contributed by atoms with Gasteiger partial charge in [-0.25, -0.2) is 0 Å². The van der Waals surface area contributed by atoms with Gasteiger partial charge >= 0.3 is 7.12 Å². The Labute approximate surface area is 71.6 Å². The van der Waals surface area contributed by atoms with Crippen LogP contribution in [0.4, 0.5) is 5.69 Å². The average Bonchev–Trinajstić information content (AvgIpc) is 2.56. The van der Waals surface area contributed by atoms with Gasteiger partial charge in [-0.3, -0.25) is 0 Å². The van der Waals surface area contributed by atoms with Gasteiger partial charge in [0, 0.05) is 5.69 Å². The van der Waals surface area contributed by atoms with Gasteiger partial charge in [-0.1, -0.05) is 12.1 Å². The van der Waals surface area contributed by atoms with Crippen LogP contribution in [0.15, 0.2) is 24.3 Å². The quantitative estimate of drug-likeness (QED) is 0.468. The van der Waals surface area contributed by atoms with E-state index in [9.17, 15) is 0 Å². The van der Waals surface area contributed by atoms with E-state index in [-0.39, 0.29) is 7.12 Å². The SMILES string of the molecule is Nc1cccc(B2OCCO2)c1. The van der Waals surface area contributed by atoms with Gasteiger partial charge in [-0.05, 0) is 17.6 Å². The van der Waals surface area contributed by atoms with Crippen LogP contribution in [0.25, 0.3) is 0 Å². The van der Waals surface area contributed by atoms with E-state index in [1.165, 1.54) is 0 Å². The van der Waals surface area contributed by atoms with Crippen LogP contribution in [0.3, 0.4) is 0 Å². The van der Waals surface area contributed by atoms with Crippen molar-refractivity contribution in [2.45, 2.75) is 0 Å². The van der Waals surface area contributed by atoms with Crippen molar-refractivity contribution in [3.8, 4) is 0 Å². The van der Waals surface area contributed by atoms with E-state index in [0.29, 0.717) is 13.2 Å². The molecule has 2 N–H and O–H groups in total. The third-order valence-electron chi connectivity index (χ3n) is 1.80. The number of hydrogen-bond acceptors (Lipinski definition) is 3. The number of benzene rings is 1. The first-order valence-electron chi connectivity index (χ1n) is 3.95. The van der Waals surface area contributed by atoms with E-state index in [4.69, 9.17) is 15.0 Å². The van der Waals surface area contributed by atoms with Crippen molar-refractivity contribution in [1.29, 1.82) is 0 Å². The molecule has 1 heterocycles. The van der Waals surface area contributed by atoms with Crippen LogP contribution >= 0.6 is 0 Å². The third-order valence-corrected chi connectivity index (χ3v) is 1.80. The molecular weight excluding hydrogens is 153 g/mol. The van der Waals surface area contributed by atoms with E-state index in [2.05, 4.69) is 0 Å². The Bertz CT molecular complexity index is 274. The molecule has 0 amide bonds. The molecule has 1 aromatic carbocycles. The summed E-state index contributed by atoms with van der Waals surface area (Å²) in [6.07, 6.45) is 0. The summed E-state index contributed by atoms with van der Waals surface area (Å²) in [6, 6.07) is 7.57. The van der Waals surface area contributed by atoms with Gasteiger partial charge in [0.1, 0.15) is 0 Å². The van der Waals surface area contributed by atoms with Crippen LogP contribution in [-0.2, 0) is 9.31 Å². The first kappa shape index (κ1) is 7.64. The number of rotatable bonds is 1. The van der Waals surface area contributed by atoms with Crippen LogP contribution < -0.4 is 11.2 Å². The van der Waals surface area contributed by atoms with Crippen molar-refractivity contribution in [2.24, 2.45) is 0 Å². The number of hydrogen-bond donors (Lipinski definition) is 1. The highest BCUT2D eigenvalue weighted by Gasteiger charge is 2.25. The topological polar surface area (TPSA) is 44.5 Å². The van der Waals surface area contributed by atoms with Gasteiger partial charge < -0.3 is 15.0 Å². The summed E-state index contributed by atoms with van der Waals surface area (Å²) in [6.45, 7) is 1.33. The molecule has 1 aliphatic heterocycles. The molecule has 1 fully saturated rings. The Morgan fingerprint density at radius 1 is 1.25 bits per heavy atom. The maximum Gasteiger partial charge on any atom is 0.494 e. The van der Waals surface area contributed by atoms with Crippen LogP contribution in [0.5, 0.6) is 0 Å². The van der Waals surface area contributed by atoms with Crippen LogP contribution in [0.1, 0.15) is 0 Å². The standard InChI is InChI=1S/C8H10BNO2/c10-8-3-1-2-7(6-8)9-11-4-5-12-9/h1-3,6H,4-5,10H2. The Kier molecular flexibility index (Phi) is 2.02. The molecular formula is C8H10BNO2. The molecule has 2 rings (SSSR count). The van der Waals surface area contributed by atoms with Crippen molar-refractivity contribution in [1.82, 2.24) is 0 Å². The van der Waals surface area contributed by atoms with Gasteiger partial charge in [0.15, 0.2) is 0 Å². The Morgan fingerprint density at radius 3 is 2.67 bits per heavy atom. The molecule has 0 unspecified atom stereocenters. The molecule has 4 heteroatoms. The fourth-order valence-corrected chi connectivity index (χ4v) is 1.26. The average molecular weight is 163 g/mol. The molecule has 0 atom stereocenters. The highest BCUT2D eigenvalue weighted by atomic mass is 16.6. The molecule has 1 saturated heterocycles. The fourth-order valence-electron chi connectivity index (χ4n) is 1.26. The number of nitrogen functional groups attached to an aromatic ring is 1. The van der Waals surface area contributed by atoms with Gasteiger partial charge in [-0.15, -0.1) is 0 Å². The van der Waals surface area contributed by atoms with E-state index in [1.807, 2.05) is 24.3 Å². The van der Waals surface area contributed by atoms with Gasteiger partial charge in [-0.2, -0.15) is 0 Å². The van der Waals surface area contributed by atoms with Crippen molar-refractivity contribution in [2.75, 3.05) is 18.9 Å². The van der Waals surface area contributed by atoms with Gasteiger partial charge in [0.25, 0.3) is 0 Å². The lowest BCUT2D eigenvalue weighted by Gasteiger charge is -2.03. The number of anilines is 1. The van der Waals surface area contributed by atoms with Crippen molar-refractivity contribution in [3.63, 3.8) is 0 Å². The van der Waals surface area contributed by atoms with Gasteiger partial charge in [0.2, 0.25) is 0 Å². The van der Waals surface area contributed by atoms with Crippen LogP contribution in [-0.4, -0.2) is 20.3 Å². The van der Waals surface area contributed by atoms with Crippen molar-refractivity contribution >= 4 is 18.3 Å². The second kappa shape index (κ2) is 3.17. The molecule has 12 heavy (non-hydrogen) atoms. The van der Waals surface area contributed by atoms with E-state index < -0.39 is 0 Å². The highest BCUT2D eigenvalue weighted by Crippen LogP contribution is 2.03. The largest absolute Gasteiger partial charge is 0.494 e. The van der Waals surface area contributed by atoms with Gasteiger partial charge in [0.05, 0.1) is 13.2 Å². The summed E-state index contributed by atoms with van der Waals surface area (Å²) < 4.78 is 10.6. The molecule has 1 aliphatic rings. The Balaban J connectivity index is 2.21. The second-order valence-corrected chi connectivity index (χ2v) is 2.74. The maximum atomic E-state index is 5.62. The molecule has 0 spiro atoms. The molecule has 62 valence electrons. The summed E-state index contributed by atoms with van der Waals surface area (Å²) in [4.78, 5) is 0. The van der Waals surface area contributed by atoms with Crippen LogP contribution in [0, 0.1) is 0 Å². The monoisotopic (exact) mass is 163 g/mol. The molecule has 0 radical (unpaired) electrons. The normalized spacial score (nSPS) is 16.8. The zero-order valence-corrected chi connectivity index (χ0v) is 6.69. The first-order chi connectivity index (χ1) is 5.86. The summed E-state index contributed by atoms with van der Waals surface area (Å²) in [5.41, 5.74) is 7.35. The molecule has 0 aliphatic carbocycles. The zero-order chi connectivity index (χ0) is 8.39. The summed E-state index contributed by atoms with van der Waals surface area (Å²) >= 11 is 0. The summed E-state index contributed by atoms with van der Waals surface area (Å²) in [5.74, 6) is 0. The minimum Gasteiger partial charge on any atom is -0.405 e. The third kappa shape index (κ3) is 1.44. The van der Waals surface area contributed by atoms with Crippen molar-refractivity contribution in [3.05, 3.63) is 24.3 Å². The zero-order valence-electron chi connectivity index (χ0n) is 6.69. The first-order valence-corrected chi connectivity index (χ1v) is 3.95. The molecule has 0 bridgehead atoms. The molecule has 1 aromatic rings. The smallest absolute Gasteiger partial charge is 0.405 e. The molecule has 3 nitrogen and oxygen atoms in total. The summed E-state index contributed by atoms with van der Waals surface area (Å²) in [5, 5.41) is 0. The second-order valence-electron chi connectivity index (χ2n) is 2.74. The predicted molar refractivity (Wildman–Crippen MR) is 48.1 cm³/mol. The lowest BCUT2D eigenvalue weighted by atomic mass is 9.79. The van der Waals surface area contributed by atoms with Crippen LogP contribution in [0.2, 0.25) is 0 Å². The van der Waals surface area contributed by atoms with E-state index >= 15 is 0 Å². The maximum absolute atomic E-state index is 5.62.